The van der Waals surface area contributed by atoms with E-state index in [1.54, 1.807) is 12.5 Å². The predicted octanol–water partition coefficient (Wildman–Crippen LogP) is 4.93. The molecule has 0 atom stereocenters. The van der Waals surface area contributed by atoms with Crippen molar-refractivity contribution in [2.24, 2.45) is 0 Å². The zero-order valence-corrected chi connectivity index (χ0v) is 18.0. The highest BCUT2D eigenvalue weighted by Gasteiger charge is 2.15. The molecule has 8 heteroatoms. The van der Waals surface area contributed by atoms with Crippen LogP contribution in [0.2, 0.25) is 0 Å². The van der Waals surface area contributed by atoms with E-state index < -0.39 is 0 Å². The summed E-state index contributed by atoms with van der Waals surface area (Å²) in [5.74, 6) is 0. The van der Waals surface area contributed by atoms with Crippen molar-refractivity contribution in [2.75, 3.05) is 6.54 Å². The SMILES string of the molecule is CCNCc1cncc(-c2cc3c(-c4cc5c(-c6ccoc6)cncc5[nH]4)n[nH]c3cn2)c1. The Balaban J connectivity index is 1.44. The van der Waals surface area contributed by atoms with Gasteiger partial charge >= 0.3 is 0 Å². The first-order valence-electron chi connectivity index (χ1n) is 10.8. The van der Waals surface area contributed by atoms with Crippen molar-refractivity contribution in [3.63, 3.8) is 0 Å². The summed E-state index contributed by atoms with van der Waals surface area (Å²) in [5.41, 5.74) is 8.50. The van der Waals surface area contributed by atoms with Gasteiger partial charge in [0.2, 0.25) is 0 Å². The summed E-state index contributed by atoms with van der Waals surface area (Å²) in [6.45, 7) is 3.78. The number of rotatable bonds is 6. The van der Waals surface area contributed by atoms with Crippen LogP contribution in [0.1, 0.15) is 12.5 Å². The van der Waals surface area contributed by atoms with Crippen LogP contribution >= 0.6 is 0 Å². The van der Waals surface area contributed by atoms with Gasteiger partial charge in [0.05, 0.1) is 47.3 Å². The second-order valence-corrected chi connectivity index (χ2v) is 7.89. The molecule has 6 aromatic heterocycles. The van der Waals surface area contributed by atoms with Crippen LogP contribution < -0.4 is 5.32 Å². The van der Waals surface area contributed by atoms with Crippen molar-refractivity contribution < 1.29 is 4.42 Å². The molecular formula is C25H21N7O. The molecule has 6 heterocycles. The maximum atomic E-state index is 5.27. The van der Waals surface area contributed by atoms with Crippen molar-refractivity contribution in [1.82, 2.24) is 35.5 Å². The summed E-state index contributed by atoms with van der Waals surface area (Å²) in [6, 6.07) is 8.22. The number of hydrogen-bond donors (Lipinski definition) is 3. The number of fused-ring (bicyclic) bond motifs is 2. The van der Waals surface area contributed by atoms with Gasteiger partial charge in [0.15, 0.2) is 0 Å². The Morgan fingerprint density at radius 2 is 1.88 bits per heavy atom. The molecule has 0 bridgehead atoms. The minimum Gasteiger partial charge on any atom is -0.472 e. The average Bonchev–Trinajstić information content (AvgIpc) is 3.61. The topological polar surface area (TPSA) is 108 Å². The highest BCUT2D eigenvalue weighted by molar-refractivity contribution is 6.00. The molecule has 0 aliphatic carbocycles. The van der Waals surface area contributed by atoms with Gasteiger partial charge in [-0.3, -0.25) is 20.1 Å². The van der Waals surface area contributed by atoms with E-state index in [0.29, 0.717) is 0 Å². The summed E-state index contributed by atoms with van der Waals surface area (Å²) in [4.78, 5) is 16.9. The lowest BCUT2D eigenvalue weighted by molar-refractivity contribution is 0.568. The van der Waals surface area contributed by atoms with Gasteiger partial charge in [0, 0.05) is 52.6 Å². The minimum absolute atomic E-state index is 0.776. The van der Waals surface area contributed by atoms with Crippen LogP contribution in [-0.4, -0.2) is 36.7 Å². The number of pyridine rings is 3. The molecule has 0 aliphatic rings. The smallest absolute Gasteiger partial charge is 0.116 e. The number of hydrogen-bond acceptors (Lipinski definition) is 6. The standard InChI is InChI=1S/C25H21N7O/c1-2-26-8-15-5-17(10-27-9-15)21-7-19-24(13-29-21)31-32-25(19)22-6-18-20(16-3-4-33-14-16)11-28-12-23(18)30-22/h3-7,9-14,26,30H,2,8H2,1H3,(H,31,32). The van der Waals surface area contributed by atoms with Crippen LogP contribution in [0.5, 0.6) is 0 Å². The van der Waals surface area contributed by atoms with Crippen LogP contribution in [0.4, 0.5) is 0 Å². The Hall–Kier alpha value is -4.30. The Labute approximate surface area is 189 Å². The molecule has 8 nitrogen and oxygen atoms in total. The maximum Gasteiger partial charge on any atom is 0.116 e. The zero-order valence-electron chi connectivity index (χ0n) is 18.0. The highest BCUT2D eigenvalue weighted by Crippen LogP contribution is 2.34. The molecule has 162 valence electrons. The van der Waals surface area contributed by atoms with E-state index in [1.807, 2.05) is 37.1 Å². The summed E-state index contributed by atoms with van der Waals surface area (Å²) in [6.07, 6.45) is 12.6. The average molecular weight is 435 g/mol. The second kappa shape index (κ2) is 7.99. The molecule has 6 rings (SSSR count). The fourth-order valence-corrected chi connectivity index (χ4v) is 4.10. The van der Waals surface area contributed by atoms with Crippen molar-refractivity contribution in [2.45, 2.75) is 13.5 Å². The number of H-pyrrole nitrogens is 2. The van der Waals surface area contributed by atoms with Gasteiger partial charge in [0.25, 0.3) is 0 Å². The monoisotopic (exact) mass is 435 g/mol. The van der Waals surface area contributed by atoms with Crippen molar-refractivity contribution in [3.05, 3.63) is 73.3 Å². The van der Waals surface area contributed by atoms with Crippen LogP contribution in [0, 0.1) is 0 Å². The molecule has 0 amide bonds. The molecule has 0 aromatic carbocycles. The van der Waals surface area contributed by atoms with E-state index in [-0.39, 0.29) is 0 Å². The first-order valence-corrected chi connectivity index (χ1v) is 10.8. The fourth-order valence-electron chi connectivity index (χ4n) is 4.10. The van der Waals surface area contributed by atoms with Crippen LogP contribution in [0.15, 0.2) is 72.2 Å². The van der Waals surface area contributed by atoms with Crippen LogP contribution in [0.3, 0.4) is 0 Å². The number of aromatic amines is 2. The molecular weight excluding hydrogens is 414 g/mol. The lowest BCUT2D eigenvalue weighted by Crippen LogP contribution is -2.11. The molecule has 3 N–H and O–H groups in total. The van der Waals surface area contributed by atoms with Crippen molar-refractivity contribution in [3.8, 4) is 33.8 Å². The molecule has 0 saturated heterocycles. The van der Waals surface area contributed by atoms with Crippen molar-refractivity contribution >= 4 is 21.8 Å². The molecule has 0 saturated carbocycles. The van der Waals surface area contributed by atoms with E-state index in [4.69, 9.17) is 4.42 Å². The van der Waals surface area contributed by atoms with Crippen LogP contribution in [0.25, 0.3) is 55.6 Å². The number of aromatic nitrogens is 6. The number of nitrogens with one attached hydrogen (secondary N) is 3. The van der Waals surface area contributed by atoms with E-state index in [0.717, 1.165) is 74.2 Å². The summed E-state index contributed by atoms with van der Waals surface area (Å²) < 4.78 is 5.27. The Morgan fingerprint density at radius 3 is 2.76 bits per heavy atom. The van der Waals surface area contributed by atoms with E-state index in [1.165, 1.54) is 0 Å². The molecule has 0 unspecified atom stereocenters. The molecule has 0 spiro atoms. The molecule has 0 aliphatic heterocycles. The summed E-state index contributed by atoms with van der Waals surface area (Å²) in [7, 11) is 0. The molecule has 33 heavy (non-hydrogen) atoms. The Kier molecular flexibility index (Phi) is 4.70. The van der Waals surface area contributed by atoms with E-state index >= 15 is 0 Å². The lowest BCUT2D eigenvalue weighted by Gasteiger charge is -2.05. The summed E-state index contributed by atoms with van der Waals surface area (Å²) in [5, 5.41) is 13.1. The third-order valence-electron chi connectivity index (χ3n) is 5.75. The van der Waals surface area contributed by atoms with Gasteiger partial charge in [-0.2, -0.15) is 5.10 Å². The minimum atomic E-state index is 0.776. The van der Waals surface area contributed by atoms with E-state index in [2.05, 4.69) is 60.6 Å². The van der Waals surface area contributed by atoms with Gasteiger partial charge in [-0.15, -0.1) is 0 Å². The van der Waals surface area contributed by atoms with Gasteiger partial charge in [-0.1, -0.05) is 6.92 Å². The van der Waals surface area contributed by atoms with Gasteiger partial charge < -0.3 is 14.7 Å². The van der Waals surface area contributed by atoms with E-state index in [9.17, 15) is 0 Å². The largest absolute Gasteiger partial charge is 0.472 e. The third kappa shape index (κ3) is 3.46. The quantitative estimate of drug-likeness (QED) is 0.342. The first kappa shape index (κ1) is 19.4. The number of nitrogens with zero attached hydrogens (tertiary/aromatic N) is 4. The van der Waals surface area contributed by atoms with Crippen molar-refractivity contribution in [1.29, 1.82) is 0 Å². The lowest BCUT2D eigenvalue weighted by atomic mass is 10.1. The first-order chi connectivity index (χ1) is 16.3. The Bertz CT molecular complexity index is 1560. The molecule has 6 aromatic rings. The Morgan fingerprint density at radius 1 is 0.939 bits per heavy atom. The highest BCUT2D eigenvalue weighted by atomic mass is 16.3. The van der Waals surface area contributed by atoms with Crippen LogP contribution in [-0.2, 0) is 6.54 Å². The van der Waals surface area contributed by atoms with Gasteiger partial charge in [-0.25, -0.2) is 0 Å². The maximum absolute atomic E-state index is 5.27. The zero-order chi connectivity index (χ0) is 22.2. The molecule has 0 radical (unpaired) electrons. The normalized spacial score (nSPS) is 11.5. The number of furan rings is 1. The second-order valence-electron chi connectivity index (χ2n) is 7.89. The molecule has 0 fully saturated rings. The fraction of sp³-hybridized carbons (Fsp3) is 0.120. The van der Waals surface area contributed by atoms with Gasteiger partial charge in [0.1, 0.15) is 5.69 Å². The third-order valence-corrected chi connectivity index (χ3v) is 5.75. The summed E-state index contributed by atoms with van der Waals surface area (Å²) >= 11 is 0. The van der Waals surface area contributed by atoms with Gasteiger partial charge in [-0.05, 0) is 36.4 Å². The predicted molar refractivity (Wildman–Crippen MR) is 127 cm³/mol.